The van der Waals surface area contributed by atoms with Crippen LogP contribution in [-0.4, -0.2) is 66.8 Å². The summed E-state index contributed by atoms with van der Waals surface area (Å²) in [6.45, 7) is 8.58. The monoisotopic (exact) mass is 334 g/mol. The molecule has 1 heterocycles. The summed E-state index contributed by atoms with van der Waals surface area (Å²) in [6, 6.07) is 8.90. The van der Waals surface area contributed by atoms with Crippen molar-refractivity contribution in [2.75, 3.05) is 39.8 Å². The maximum Gasteiger partial charge on any atom is 0.317 e. The third kappa shape index (κ3) is 6.59. The van der Waals surface area contributed by atoms with Crippen molar-refractivity contribution in [2.45, 2.75) is 32.9 Å². The highest BCUT2D eigenvalue weighted by Gasteiger charge is 2.22. The lowest BCUT2D eigenvalue weighted by Gasteiger charge is -2.34. The molecule has 1 N–H and O–H groups in total. The number of ether oxygens (including phenoxy) is 1. The molecule has 0 amide bonds. The largest absolute Gasteiger partial charge is 0.480 e. The normalized spacial score (nSPS) is 19.1. The third-order valence-electron chi connectivity index (χ3n) is 4.22. The molecule has 5 nitrogen and oxygen atoms in total. The molecular weight excluding hydrogens is 304 g/mol. The van der Waals surface area contributed by atoms with Crippen LogP contribution in [-0.2, 0) is 22.5 Å². The number of hydrogen-bond donors (Lipinski definition) is 1. The van der Waals surface area contributed by atoms with Gasteiger partial charge in [0.2, 0.25) is 0 Å². The molecule has 0 saturated carbocycles. The Labute approximate surface area is 145 Å². The number of likely N-dealkylation sites (N-methyl/N-ethyl adjacent to an activating group) is 1. The van der Waals surface area contributed by atoms with Crippen molar-refractivity contribution in [1.82, 2.24) is 9.80 Å². The van der Waals surface area contributed by atoms with Gasteiger partial charge in [-0.2, -0.15) is 0 Å². The first-order valence-electron chi connectivity index (χ1n) is 8.74. The SMILES string of the molecule is CC(C)Cc1ccc(CN2CCOC(CN(C)CC(=O)O)C2)cc1. The Morgan fingerprint density at radius 2 is 2.00 bits per heavy atom. The molecule has 1 atom stereocenters. The number of benzene rings is 1. The highest BCUT2D eigenvalue weighted by atomic mass is 16.5. The van der Waals surface area contributed by atoms with Crippen LogP contribution in [0.5, 0.6) is 0 Å². The Morgan fingerprint density at radius 3 is 2.62 bits per heavy atom. The Bertz CT molecular complexity index is 516. The van der Waals surface area contributed by atoms with Crippen molar-refractivity contribution in [3.8, 4) is 0 Å². The number of nitrogens with zero attached hydrogens (tertiary/aromatic N) is 2. The number of aliphatic carboxylic acids is 1. The second-order valence-electron chi connectivity index (χ2n) is 7.23. The number of carbonyl (C=O) groups is 1. The van der Waals surface area contributed by atoms with E-state index in [1.807, 2.05) is 7.05 Å². The van der Waals surface area contributed by atoms with E-state index in [1.165, 1.54) is 11.1 Å². The molecule has 1 unspecified atom stereocenters. The molecule has 0 bridgehead atoms. The van der Waals surface area contributed by atoms with Crippen LogP contribution in [0.1, 0.15) is 25.0 Å². The third-order valence-corrected chi connectivity index (χ3v) is 4.22. The van der Waals surface area contributed by atoms with Crippen molar-refractivity contribution in [3.63, 3.8) is 0 Å². The van der Waals surface area contributed by atoms with Crippen molar-refractivity contribution in [3.05, 3.63) is 35.4 Å². The zero-order valence-electron chi connectivity index (χ0n) is 15.1. The molecule has 24 heavy (non-hydrogen) atoms. The van der Waals surface area contributed by atoms with E-state index in [9.17, 15) is 4.79 Å². The van der Waals surface area contributed by atoms with Gasteiger partial charge in [0.25, 0.3) is 0 Å². The van der Waals surface area contributed by atoms with Crippen LogP contribution in [0, 0.1) is 5.92 Å². The molecule has 2 rings (SSSR count). The van der Waals surface area contributed by atoms with Crippen LogP contribution in [0.2, 0.25) is 0 Å². The van der Waals surface area contributed by atoms with Crippen LogP contribution in [0.4, 0.5) is 0 Å². The van der Waals surface area contributed by atoms with Gasteiger partial charge in [-0.05, 0) is 30.5 Å². The van der Waals surface area contributed by atoms with Crippen molar-refractivity contribution >= 4 is 5.97 Å². The van der Waals surface area contributed by atoms with Gasteiger partial charge in [-0.15, -0.1) is 0 Å². The molecule has 134 valence electrons. The van der Waals surface area contributed by atoms with Gasteiger partial charge in [-0.1, -0.05) is 38.1 Å². The number of carboxylic acids is 1. The van der Waals surface area contributed by atoms with Gasteiger partial charge >= 0.3 is 5.97 Å². The summed E-state index contributed by atoms with van der Waals surface area (Å²) in [7, 11) is 1.82. The second-order valence-corrected chi connectivity index (χ2v) is 7.23. The zero-order chi connectivity index (χ0) is 17.5. The standard InChI is InChI=1S/C19H30N2O3/c1-15(2)10-16-4-6-17(7-5-16)11-21-8-9-24-18(13-21)12-20(3)14-19(22)23/h4-7,15,18H,8-14H2,1-3H3,(H,22,23). The van der Waals surface area contributed by atoms with Crippen molar-refractivity contribution < 1.29 is 14.6 Å². The summed E-state index contributed by atoms with van der Waals surface area (Å²) in [5.74, 6) is -0.120. The van der Waals surface area contributed by atoms with E-state index in [0.717, 1.165) is 26.1 Å². The average molecular weight is 334 g/mol. The fourth-order valence-electron chi connectivity index (χ4n) is 3.19. The smallest absolute Gasteiger partial charge is 0.317 e. The van der Waals surface area contributed by atoms with E-state index in [0.29, 0.717) is 19.1 Å². The summed E-state index contributed by atoms with van der Waals surface area (Å²) in [4.78, 5) is 15.0. The van der Waals surface area contributed by atoms with E-state index in [-0.39, 0.29) is 12.6 Å². The molecule has 1 aromatic rings. The maximum atomic E-state index is 10.8. The van der Waals surface area contributed by atoms with Crippen molar-refractivity contribution in [1.29, 1.82) is 0 Å². The van der Waals surface area contributed by atoms with E-state index in [2.05, 4.69) is 43.0 Å². The first kappa shape index (κ1) is 18.9. The molecule has 0 spiro atoms. The van der Waals surface area contributed by atoms with Crippen LogP contribution >= 0.6 is 0 Å². The fraction of sp³-hybridized carbons (Fsp3) is 0.632. The number of morpholine rings is 1. The molecule has 1 aliphatic rings. The Morgan fingerprint density at radius 1 is 1.33 bits per heavy atom. The Hall–Kier alpha value is -1.43. The summed E-state index contributed by atoms with van der Waals surface area (Å²) in [6.07, 6.45) is 1.19. The molecule has 0 aromatic heterocycles. The molecule has 1 aliphatic heterocycles. The topological polar surface area (TPSA) is 53.0 Å². The molecular formula is C19H30N2O3. The first-order valence-corrected chi connectivity index (χ1v) is 8.74. The number of carboxylic acid groups (broad SMARTS) is 1. The lowest BCUT2D eigenvalue weighted by molar-refractivity contribution is -0.138. The highest BCUT2D eigenvalue weighted by Crippen LogP contribution is 2.14. The quantitative estimate of drug-likeness (QED) is 0.789. The lowest BCUT2D eigenvalue weighted by atomic mass is 10.0. The zero-order valence-corrected chi connectivity index (χ0v) is 15.1. The molecule has 5 heteroatoms. The molecule has 1 aromatic carbocycles. The van der Waals surface area contributed by atoms with Gasteiger partial charge in [0, 0.05) is 26.2 Å². The van der Waals surface area contributed by atoms with Gasteiger partial charge in [-0.25, -0.2) is 0 Å². The van der Waals surface area contributed by atoms with Gasteiger partial charge in [0.1, 0.15) is 0 Å². The minimum absolute atomic E-state index is 0.0528. The predicted molar refractivity (Wildman–Crippen MR) is 95.1 cm³/mol. The van der Waals surface area contributed by atoms with E-state index < -0.39 is 5.97 Å². The Kier molecular flexibility index (Phi) is 7.21. The molecule has 0 radical (unpaired) electrons. The van der Waals surface area contributed by atoms with Gasteiger partial charge in [0.05, 0.1) is 19.3 Å². The molecule has 0 aliphatic carbocycles. The minimum Gasteiger partial charge on any atom is -0.480 e. The van der Waals surface area contributed by atoms with Gasteiger partial charge < -0.3 is 9.84 Å². The van der Waals surface area contributed by atoms with Gasteiger partial charge in [-0.3, -0.25) is 14.6 Å². The number of hydrogen-bond acceptors (Lipinski definition) is 4. The minimum atomic E-state index is -0.799. The van der Waals surface area contributed by atoms with E-state index in [4.69, 9.17) is 9.84 Å². The highest BCUT2D eigenvalue weighted by molar-refractivity contribution is 5.69. The van der Waals surface area contributed by atoms with Crippen LogP contribution in [0.3, 0.4) is 0 Å². The van der Waals surface area contributed by atoms with Crippen molar-refractivity contribution in [2.24, 2.45) is 5.92 Å². The summed E-state index contributed by atoms with van der Waals surface area (Å²) in [5, 5.41) is 8.84. The summed E-state index contributed by atoms with van der Waals surface area (Å²) in [5.41, 5.74) is 2.71. The second kappa shape index (κ2) is 9.16. The Balaban J connectivity index is 1.82. The fourth-order valence-corrected chi connectivity index (χ4v) is 3.19. The van der Waals surface area contributed by atoms with E-state index in [1.54, 1.807) is 4.90 Å². The summed E-state index contributed by atoms with van der Waals surface area (Å²) < 4.78 is 5.78. The summed E-state index contributed by atoms with van der Waals surface area (Å²) >= 11 is 0. The average Bonchev–Trinajstić information content (AvgIpc) is 2.48. The van der Waals surface area contributed by atoms with Crippen LogP contribution in [0.25, 0.3) is 0 Å². The van der Waals surface area contributed by atoms with Crippen LogP contribution in [0.15, 0.2) is 24.3 Å². The van der Waals surface area contributed by atoms with E-state index >= 15 is 0 Å². The van der Waals surface area contributed by atoms with Crippen LogP contribution < -0.4 is 0 Å². The maximum absolute atomic E-state index is 10.8. The molecule has 1 saturated heterocycles. The lowest BCUT2D eigenvalue weighted by Crippen LogP contribution is -2.47. The molecule has 1 fully saturated rings. The number of rotatable bonds is 8. The van der Waals surface area contributed by atoms with Gasteiger partial charge in [0.15, 0.2) is 0 Å². The first-order chi connectivity index (χ1) is 11.4. The predicted octanol–water partition coefficient (Wildman–Crippen LogP) is 2.10.